The highest BCUT2D eigenvalue weighted by atomic mass is 16.5. The predicted octanol–water partition coefficient (Wildman–Crippen LogP) is 3.42. The van der Waals surface area contributed by atoms with Crippen LogP contribution in [-0.2, 0) is 11.2 Å². The lowest BCUT2D eigenvalue weighted by Gasteiger charge is -2.15. The van der Waals surface area contributed by atoms with E-state index in [2.05, 4.69) is 5.32 Å². The van der Waals surface area contributed by atoms with Gasteiger partial charge >= 0.3 is 0 Å². The molecule has 110 valence electrons. The zero-order valence-corrected chi connectivity index (χ0v) is 12.7. The fraction of sp³-hybridized carbons (Fsp3) is 0.278. The average molecular weight is 283 g/mol. The molecule has 2 aromatic rings. The van der Waals surface area contributed by atoms with E-state index in [4.69, 9.17) is 4.74 Å². The largest absolute Gasteiger partial charge is 0.497 e. The van der Waals surface area contributed by atoms with Crippen molar-refractivity contribution in [2.75, 3.05) is 7.11 Å². The van der Waals surface area contributed by atoms with Crippen molar-refractivity contribution in [3.05, 3.63) is 65.2 Å². The Hall–Kier alpha value is -2.29. The summed E-state index contributed by atoms with van der Waals surface area (Å²) in [6.45, 7) is 4.01. The zero-order valence-electron chi connectivity index (χ0n) is 12.7. The smallest absolute Gasteiger partial charge is 0.224 e. The van der Waals surface area contributed by atoms with Crippen LogP contribution in [0.15, 0.2) is 48.5 Å². The van der Waals surface area contributed by atoms with Crippen molar-refractivity contribution in [2.24, 2.45) is 0 Å². The van der Waals surface area contributed by atoms with E-state index in [1.165, 1.54) is 0 Å². The normalized spacial score (nSPS) is 11.8. The SMILES string of the molecule is COc1ccc([C@H](C)NC(=O)Cc2ccccc2C)cc1. The Labute approximate surface area is 126 Å². The van der Waals surface area contributed by atoms with Crippen molar-refractivity contribution in [2.45, 2.75) is 26.3 Å². The third-order valence-corrected chi connectivity index (χ3v) is 3.61. The lowest BCUT2D eigenvalue weighted by Crippen LogP contribution is -2.28. The monoisotopic (exact) mass is 283 g/mol. The molecule has 0 saturated carbocycles. The van der Waals surface area contributed by atoms with E-state index in [1.807, 2.05) is 62.4 Å². The van der Waals surface area contributed by atoms with E-state index in [-0.39, 0.29) is 11.9 Å². The molecule has 0 aromatic heterocycles. The number of carbonyl (C=O) groups excluding carboxylic acids is 1. The molecule has 1 amide bonds. The molecule has 1 N–H and O–H groups in total. The van der Waals surface area contributed by atoms with Gasteiger partial charge in [0.05, 0.1) is 19.6 Å². The Kier molecular flexibility index (Phi) is 4.99. The molecule has 2 aromatic carbocycles. The molecule has 0 unspecified atom stereocenters. The fourth-order valence-electron chi connectivity index (χ4n) is 2.25. The Morgan fingerprint density at radius 1 is 1.14 bits per heavy atom. The molecule has 3 heteroatoms. The molecule has 0 bridgehead atoms. The Morgan fingerprint density at radius 2 is 1.81 bits per heavy atom. The van der Waals surface area contributed by atoms with Crippen LogP contribution in [0.1, 0.15) is 29.7 Å². The summed E-state index contributed by atoms with van der Waals surface area (Å²) in [6, 6.07) is 15.7. The molecule has 0 aliphatic rings. The Bertz CT molecular complexity index is 605. The number of hydrogen-bond donors (Lipinski definition) is 1. The molecule has 0 saturated heterocycles. The van der Waals surface area contributed by atoms with Gasteiger partial charge in [-0.2, -0.15) is 0 Å². The minimum absolute atomic E-state index is 0.0209. The highest BCUT2D eigenvalue weighted by molar-refractivity contribution is 5.79. The van der Waals surface area contributed by atoms with Gasteiger partial charge in [0, 0.05) is 0 Å². The third-order valence-electron chi connectivity index (χ3n) is 3.61. The fourth-order valence-corrected chi connectivity index (χ4v) is 2.25. The van der Waals surface area contributed by atoms with Crippen LogP contribution in [0.25, 0.3) is 0 Å². The van der Waals surface area contributed by atoms with Gasteiger partial charge in [-0.3, -0.25) is 4.79 Å². The van der Waals surface area contributed by atoms with Crippen LogP contribution in [0, 0.1) is 6.92 Å². The summed E-state index contributed by atoms with van der Waals surface area (Å²) in [4.78, 5) is 12.1. The van der Waals surface area contributed by atoms with E-state index in [9.17, 15) is 4.79 Å². The molecule has 0 aliphatic carbocycles. The predicted molar refractivity (Wildman–Crippen MR) is 84.4 cm³/mol. The first kappa shape index (κ1) is 15.1. The maximum atomic E-state index is 12.1. The third kappa shape index (κ3) is 4.09. The van der Waals surface area contributed by atoms with Crippen LogP contribution in [-0.4, -0.2) is 13.0 Å². The number of hydrogen-bond acceptors (Lipinski definition) is 2. The van der Waals surface area contributed by atoms with Crippen LogP contribution in [0.3, 0.4) is 0 Å². The van der Waals surface area contributed by atoms with Crippen LogP contribution in [0.4, 0.5) is 0 Å². The van der Waals surface area contributed by atoms with Gasteiger partial charge in [-0.1, -0.05) is 36.4 Å². The molecule has 0 radical (unpaired) electrons. The van der Waals surface area contributed by atoms with Gasteiger partial charge in [-0.15, -0.1) is 0 Å². The summed E-state index contributed by atoms with van der Waals surface area (Å²) >= 11 is 0. The van der Waals surface area contributed by atoms with Crippen LogP contribution >= 0.6 is 0 Å². The van der Waals surface area contributed by atoms with Gasteiger partial charge in [-0.05, 0) is 42.7 Å². The van der Waals surface area contributed by atoms with E-state index >= 15 is 0 Å². The van der Waals surface area contributed by atoms with Gasteiger partial charge in [0.15, 0.2) is 0 Å². The molecule has 0 aliphatic heterocycles. The molecule has 21 heavy (non-hydrogen) atoms. The van der Waals surface area contributed by atoms with Crippen molar-refractivity contribution in [1.29, 1.82) is 0 Å². The summed E-state index contributed by atoms with van der Waals surface area (Å²) in [6.07, 6.45) is 0.410. The topological polar surface area (TPSA) is 38.3 Å². The van der Waals surface area contributed by atoms with Gasteiger partial charge in [0.2, 0.25) is 5.91 Å². The molecule has 1 atom stereocenters. The number of ether oxygens (including phenoxy) is 1. The molecule has 3 nitrogen and oxygen atoms in total. The maximum Gasteiger partial charge on any atom is 0.224 e. The minimum atomic E-state index is -0.0209. The lowest BCUT2D eigenvalue weighted by molar-refractivity contribution is -0.121. The summed E-state index contributed by atoms with van der Waals surface area (Å²) < 4.78 is 5.13. The number of nitrogens with one attached hydrogen (secondary N) is 1. The number of benzene rings is 2. The molecule has 2 rings (SSSR count). The molecule has 0 fully saturated rings. The lowest BCUT2D eigenvalue weighted by atomic mass is 10.0. The number of rotatable bonds is 5. The van der Waals surface area contributed by atoms with Crippen molar-refractivity contribution < 1.29 is 9.53 Å². The standard InChI is InChI=1S/C18H21NO2/c1-13-6-4-5-7-16(13)12-18(20)19-14(2)15-8-10-17(21-3)11-9-15/h4-11,14H,12H2,1-3H3,(H,19,20)/t14-/m0/s1. The van der Waals surface area contributed by atoms with Gasteiger partial charge in [0.25, 0.3) is 0 Å². The van der Waals surface area contributed by atoms with Crippen LogP contribution in [0.5, 0.6) is 5.75 Å². The van der Waals surface area contributed by atoms with Gasteiger partial charge in [-0.25, -0.2) is 0 Å². The van der Waals surface area contributed by atoms with E-state index in [1.54, 1.807) is 7.11 Å². The number of carbonyl (C=O) groups is 1. The summed E-state index contributed by atoms with van der Waals surface area (Å²) in [5.74, 6) is 0.852. The number of amides is 1. The first-order valence-electron chi connectivity index (χ1n) is 7.08. The minimum Gasteiger partial charge on any atom is -0.497 e. The van der Waals surface area contributed by atoms with Gasteiger partial charge in [0.1, 0.15) is 5.75 Å². The van der Waals surface area contributed by atoms with E-state index in [0.717, 1.165) is 22.4 Å². The Balaban J connectivity index is 1.97. The quantitative estimate of drug-likeness (QED) is 0.913. The highest BCUT2D eigenvalue weighted by Crippen LogP contribution is 2.17. The van der Waals surface area contributed by atoms with Crippen molar-refractivity contribution in [3.63, 3.8) is 0 Å². The van der Waals surface area contributed by atoms with Crippen molar-refractivity contribution >= 4 is 5.91 Å². The van der Waals surface area contributed by atoms with E-state index < -0.39 is 0 Å². The second-order valence-corrected chi connectivity index (χ2v) is 5.17. The van der Waals surface area contributed by atoms with Crippen molar-refractivity contribution in [3.8, 4) is 5.75 Å². The Morgan fingerprint density at radius 3 is 2.43 bits per heavy atom. The van der Waals surface area contributed by atoms with Crippen molar-refractivity contribution in [1.82, 2.24) is 5.32 Å². The number of aryl methyl sites for hydroxylation is 1. The zero-order chi connectivity index (χ0) is 15.2. The highest BCUT2D eigenvalue weighted by Gasteiger charge is 2.11. The summed E-state index contributed by atoms with van der Waals surface area (Å²) in [5, 5.41) is 3.03. The first-order valence-corrected chi connectivity index (χ1v) is 7.08. The second-order valence-electron chi connectivity index (χ2n) is 5.17. The maximum absolute atomic E-state index is 12.1. The summed E-state index contributed by atoms with van der Waals surface area (Å²) in [5.41, 5.74) is 3.27. The van der Waals surface area contributed by atoms with Gasteiger partial charge < -0.3 is 10.1 Å². The molecular formula is C18H21NO2. The van der Waals surface area contributed by atoms with Crippen LogP contribution in [0.2, 0.25) is 0 Å². The first-order chi connectivity index (χ1) is 10.1. The second kappa shape index (κ2) is 6.93. The average Bonchev–Trinajstić information content (AvgIpc) is 2.49. The van der Waals surface area contributed by atoms with E-state index in [0.29, 0.717) is 6.42 Å². The number of methoxy groups -OCH3 is 1. The summed E-state index contributed by atoms with van der Waals surface area (Å²) in [7, 11) is 1.64. The molecule has 0 spiro atoms. The molecular weight excluding hydrogens is 262 g/mol. The van der Waals surface area contributed by atoms with Crippen LogP contribution < -0.4 is 10.1 Å². The molecule has 0 heterocycles.